The van der Waals surface area contributed by atoms with Crippen molar-refractivity contribution in [2.24, 2.45) is 22.2 Å². The Labute approximate surface area is 229 Å². The zero-order chi connectivity index (χ0) is 29.8. The van der Waals surface area contributed by atoms with Gasteiger partial charge in [-0.2, -0.15) is 0 Å². The monoisotopic (exact) mass is 560 g/mol. The fourth-order valence-corrected chi connectivity index (χ4v) is 3.88. The number of aromatic amines is 1. The fraction of sp³-hybridized carbons (Fsp3) is 0.440. The van der Waals surface area contributed by atoms with Gasteiger partial charge in [-0.3, -0.25) is 24.2 Å². The number of amides is 3. The second kappa shape index (κ2) is 15.1. The predicted octanol–water partition coefficient (Wildman–Crippen LogP) is -1.48. The highest BCUT2D eigenvalue weighted by Gasteiger charge is 2.29. The van der Waals surface area contributed by atoms with Crippen LogP contribution in [0.5, 0.6) is 0 Å². The number of H-pyrrole nitrogens is 1. The number of carbonyl (C=O) groups excluding carboxylic acids is 3. The second-order valence-electron chi connectivity index (χ2n) is 9.24. The third-order valence-electron chi connectivity index (χ3n) is 6.04. The normalized spacial score (nSPS) is 13.8. The van der Waals surface area contributed by atoms with Gasteiger partial charge in [0.1, 0.15) is 18.1 Å². The van der Waals surface area contributed by atoms with E-state index in [2.05, 4.69) is 25.9 Å². The molecule has 40 heavy (non-hydrogen) atoms. The van der Waals surface area contributed by atoms with Crippen molar-refractivity contribution >= 4 is 46.5 Å². The standard InChI is InChI=1S/C25H36N8O7/c1-13(21(36)33-19(24(39)40)7-4-10-29-25(27)28)31-23(38)18(8-9-20(34)35)32-22(37)16(26)11-14-12-30-17-6-3-2-5-15(14)17/h2-3,5-6,12-13,16,18-19,30H,4,7-11,26H2,1H3,(H,31,38)(H,32,37)(H,33,36)(H,34,35)(H,39,40)(H4,27,28,29). The average molecular weight is 561 g/mol. The number of nitrogens with two attached hydrogens (primary N) is 3. The van der Waals surface area contributed by atoms with Crippen molar-refractivity contribution in [3.8, 4) is 0 Å². The van der Waals surface area contributed by atoms with Crippen LogP contribution in [0.1, 0.15) is 38.2 Å². The Morgan fingerprint density at radius 1 is 0.950 bits per heavy atom. The summed E-state index contributed by atoms with van der Waals surface area (Å²) in [6.45, 7) is 1.49. The van der Waals surface area contributed by atoms with Gasteiger partial charge in [-0.1, -0.05) is 18.2 Å². The van der Waals surface area contributed by atoms with E-state index >= 15 is 0 Å². The Hall–Kier alpha value is -4.66. The summed E-state index contributed by atoms with van der Waals surface area (Å²) in [7, 11) is 0. The minimum Gasteiger partial charge on any atom is -0.481 e. The number of aliphatic imine (C=N–C) groups is 1. The van der Waals surface area contributed by atoms with Gasteiger partial charge >= 0.3 is 11.9 Å². The van der Waals surface area contributed by atoms with E-state index < -0.39 is 60.2 Å². The SMILES string of the molecule is CC(NC(=O)C(CCC(=O)O)NC(=O)C(N)Cc1c[nH]c2ccccc12)C(=O)NC(CCCN=C(N)N)C(=O)O. The molecule has 0 aliphatic carbocycles. The van der Waals surface area contributed by atoms with Crippen LogP contribution >= 0.6 is 0 Å². The van der Waals surface area contributed by atoms with Crippen molar-refractivity contribution in [1.29, 1.82) is 0 Å². The molecule has 218 valence electrons. The zero-order valence-electron chi connectivity index (χ0n) is 22.1. The van der Waals surface area contributed by atoms with Crippen molar-refractivity contribution < 1.29 is 34.2 Å². The van der Waals surface area contributed by atoms with Crippen LogP contribution < -0.4 is 33.2 Å². The van der Waals surface area contributed by atoms with Gasteiger partial charge in [-0.15, -0.1) is 0 Å². The molecule has 0 saturated heterocycles. The zero-order valence-corrected chi connectivity index (χ0v) is 22.1. The van der Waals surface area contributed by atoms with Crippen LogP contribution in [0, 0.1) is 0 Å². The van der Waals surface area contributed by atoms with Crippen molar-refractivity contribution in [1.82, 2.24) is 20.9 Å². The Bertz CT molecular complexity index is 1240. The van der Waals surface area contributed by atoms with Crippen LogP contribution in [0.3, 0.4) is 0 Å². The van der Waals surface area contributed by atoms with Gasteiger partial charge in [0.25, 0.3) is 0 Å². The molecule has 4 atom stereocenters. The van der Waals surface area contributed by atoms with Crippen LogP contribution in [0.4, 0.5) is 0 Å². The molecule has 2 aromatic rings. The van der Waals surface area contributed by atoms with Gasteiger partial charge < -0.3 is 48.3 Å². The number of aromatic nitrogens is 1. The second-order valence-corrected chi connectivity index (χ2v) is 9.24. The highest BCUT2D eigenvalue weighted by molar-refractivity contribution is 5.94. The van der Waals surface area contributed by atoms with Gasteiger partial charge in [-0.25, -0.2) is 4.79 Å². The molecule has 2 rings (SSSR count). The molecule has 0 aliphatic rings. The molecule has 0 saturated carbocycles. The number of fused-ring (bicyclic) bond motifs is 1. The maximum absolute atomic E-state index is 12.9. The van der Waals surface area contributed by atoms with Crippen LogP contribution in [0.25, 0.3) is 10.9 Å². The summed E-state index contributed by atoms with van der Waals surface area (Å²) in [5.41, 5.74) is 18.2. The molecule has 1 aromatic heterocycles. The molecule has 15 heteroatoms. The summed E-state index contributed by atoms with van der Waals surface area (Å²) in [6.07, 6.45) is 1.50. The van der Waals surface area contributed by atoms with Crippen LogP contribution in [0.2, 0.25) is 0 Å². The summed E-state index contributed by atoms with van der Waals surface area (Å²) in [5, 5.41) is 26.6. The lowest BCUT2D eigenvalue weighted by Gasteiger charge is -2.23. The molecular weight excluding hydrogens is 524 g/mol. The lowest BCUT2D eigenvalue weighted by Crippen LogP contribution is -2.56. The first kappa shape index (κ1) is 31.6. The molecule has 0 spiro atoms. The van der Waals surface area contributed by atoms with E-state index in [4.69, 9.17) is 22.3 Å². The summed E-state index contributed by atoms with van der Waals surface area (Å²) in [6, 6.07) is 2.65. The number of carboxylic acids is 2. The highest BCUT2D eigenvalue weighted by Crippen LogP contribution is 2.18. The lowest BCUT2D eigenvalue weighted by atomic mass is 10.0. The van der Waals surface area contributed by atoms with Crippen molar-refractivity contribution in [3.63, 3.8) is 0 Å². The van der Waals surface area contributed by atoms with Gasteiger partial charge in [0, 0.05) is 30.1 Å². The van der Waals surface area contributed by atoms with E-state index in [0.29, 0.717) is 0 Å². The number of para-hydroxylation sites is 1. The van der Waals surface area contributed by atoms with E-state index in [1.165, 1.54) is 6.92 Å². The van der Waals surface area contributed by atoms with E-state index in [-0.39, 0.29) is 38.2 Å². The molecule has 3 amide bonds. The average Bonchev–Trinajstić information content (AvgIpc) is 3.30. The molecule has 0 fully saturated rings. The van der Waals surface area contributed by atoms with E-state index in [1.807, 2.05) is 24.3 Å². The number of rotatable bonds is 16. The summed E-state index contributed by atoms with van der Waals surface area (Å²) in [5.74, 6) is -4.91. The topological polar surface area (TPSA) is 268 Å². The van der Waals surface area contributed by atoms with E-state index in [1.54, 1.807) is 6.20 Å². The number of hydrogen-bond acceptors (Lipinski definition) is 7. The Morgan fingerprint density at radius 3 is 2.27 bits per heavy atom. The van der Waals surface area contributed by atoms with Crippen molar-refractivity contribution in [2.45, 2.75) is 63.2 Å². The van der Waals surface area contributed by atoms with Crippen molar-refractivity contribution in [3.05, 3.63) is 36.0 Å². The Balaban J connectivity index is 2.00. The minimum atomic E-state index is -1.30. The first-order valence-corrected chi connectivity index (χ1v) is 12.6. The van der Waals surface area contributed by atoms with Gasteiger partial charge in [-0.05, 0) is 44.2 Å². The molecule has 0 aliphatic heterocycles. The van der Waals surface area contributed by atoms with Gasteiger partial charge in [0.15, 0.2) is 5.96 Å². The van der Waals surface area contributed by atoms with Crippen molar-refractivity contribution in [2.75, 3.05) is 6.54 Å². The number of benzene rings is 1. The molecule has 1 aromatic carbocycles. The third-order valence-corrected chi connectivity index (χ3v) is 6.04. The van der Waals surface area contributed by atoms with E-state index in [0.717, 1.165) is 16.5 Å². The summed E-state index contributed by atoms with van der Waals surface area (Å²) < 4.78 is 0. The Morgan fingerprint density at radius 2 is 1.62 bits per heavy atom. The largest absolute Gasteiger partial charge is 0.481 e. The first-order chi connectivity index (χ1) is 18.9. The summed E-state index contributed by atoms with van der Waals surface area (Å²) in [4.78, 5) is 67.8. The number of carbonyl (C=O) groups is 5. The maximum atomic E-state index is 12.9. The summed E-state index contributed by atoms with van der Waals surface area (Å²) >= 11 is 0. The van der Waals surface area contributed by atoms with Gasteiger partial charge in [0.2, 0.25) is 17.7 Å². The molecule has 0 bridgehead atoms. The number of nitrogens with zero attached hydrogens (tertiary/aromatic N) is 1. The predicted molar refractivity (Wildman–Crippen MR) is 146 cm³/mol. The van der Waals surface area contributed by atoms with Gasteiger partial charge in [0.05, 0.1) is 6.04 Å². The molecule has 0 radical (unpaired) electrons. The smallest absolute Gasteiger partial charge is 0.326 e. The van der Waals surface area contributed by atoms with Crippen LogP contribution in [0.15, 0.2) is 35.5 Å². The number of aliphatic carboxylic acids is 2. The molecule has 4 unspecified atom stereocenters. The lowest BCUT2D eigenvalue weighted by molar-refractivity contribution is -0.142. The van der Waals surface area contributed by atoms with Crippen LogP contribution in [-0.2, 0) is 30.4 Å². The maximum Gasteiger partial charge on any atom is 0.326 e. The molecule has 12 N–H and O–H groups in total. The minimum absolute atomic E-state index is 0.0319. The van der Waals surface area contributed by atoms with Crippen LogP contribution in [-0.4, -0.2) is 81.5 Å². The molecular formula is C25H36N8O7. The quantitative estimate of drug-likeness (QED) is 0.0652. The fourth-order valence-electron chi connectivity index (χ4n) is 3.88. The number of nitrogens with one attached hydrogen (secondary N) is 4. The van der Waals surface area contributed by atoms with E-state index in [9.17, 15) is 29.1 Å². The number of hydrogen-bond donors (Lipinski definition) is 9. The highest BCUT2D eigenvalue weighted by atomic mass is 16.4. The molecule has 15 nitrogen and oxygen atoms in total. The third kappa shape index (κ3) is 9.90. The Kier molecular flexibility index (Phi) is 11.9. The first-order valence-electron chi connectivity index (χ1n) is 12.6. The number of carboxylic acid groups (broad SMARTS) is 2. The molecule has 1 heterocycles. The number of guanidine groups is 1.